The van der Waals surface area contributed by atoms with Gasteiger partial charge in [0.2, 0.25) is 0 Å². The number of para-hydroxylation sites is 2. The SMILES string of the molecule is Oc1ccccc1-n1ccn2nc(-c3cccnc3)cc12. The van der Waals surface area contributed by atoms with E-state index in [4.69, 9.17) is 0 Å². The summed E-state index contributed by atoms with van der Waals surface area (Å²) in [6.07, 6.45) is 7.26. The van der Waals surface area contributed by atoms with Crippen LogP contribution in [-0.2, 0) is 0 Å². The second kappa shape index (κ2) is 4.49. The third-order valence-electron chi connectivity index (χ3n) is 3.42. The number of hydrogen-bond donors (Lipinski definition) is 1. The quantitative estimate of drug-likeness (QED) is 0.612. The number of phenols is 1. The Morgan fingerprint density at radius 2 is 1.90 bits per heavy atom. The number of hydrogen-bond acceptors (Lipinski definition) is 3. The molecule has 5 heteroatoms. The fourth-order valence-corrected chi connectivity index (χ4v) is 2.41. The van der Waals surface area contributed by atoms with Gasteiger partial charge in [0.25, 0.3) is 0 Å². The monoisotopic (exact) mass is 276 g/mol. The molecule has 0 aliphatic carbocycles. The third kappa shape index (κ3) is 1.87. The standard InChI is InChI=1S/C16H12N4O/c21-15-6-2-1-5-14(15)19-8-9-20-16(19)10-13(18-20)12-4-3-7-17-11-12/h1-11,21H. The molecule has 0 aliphatic heterocycles. The molecule has 0 unspecified atom stereocenters. The number of rotatable bonds is 2. The summed E-state index contributed by atoms with van der Waals surface area (Å²) in [6.45, 7) is 0. The van der Waals surface area contributed by atoms with E-state index < -0.39 is 0 Å². The van der Waals surface area contributed by atoms with E-state index in [2.05, 4.69) is 10.1 Å². The molecule has 3 heterocycles. The van der Waals surface area contributed by atoms with Crippen molar-refractivity contribution in [2.45, 2.75) is 0 Å². The number of nitrogens with zero attached hydrogens (tertiary/aromatic N) is 4. The lowest BCUT2D eigenvalue weighted by Crippen LogP contribution is -1.92. The first kappa shape index (κ1) is 11.7. The molecule has 4 aromatic rings. The molecule has 4 rings (SSSR count). The minimum absolute atomic E-state index is 0.236. The van der Waals surface area contributed by atoms with Crippen molar-refractivity contribution in [3.8, 4) is 22.7 Å². The van der Waals surface area contributed by atoms with Crippen LogP contribution in [0.4, 0.5) is 0 Å². The maximum Gasteiger partial charge on any atom is 0.141 e. The lowest BCUT2D eigenvalue weighted by molar-refractivity contribution is 0.472. The van der Waals surface area contributed by atoms with Crippen molar-refractivity contribution < 1.29 is 5.11 Å². The topological polar surface area (TPSA) is 55.4 Å². The van der Waals surface area contributed by atoms with Gasteiger partial charge in [-0.25, -0.2) is 4.52 Å². The van der Waals surface area contributed by atoms with Crippen LogP contribution in [0.15, 0.2) is 67.3 Å². The Morgan fingerprint density at radius 3 is 2.71 bits per heavy atom. The molecular formula is C16H12N4O. The lowest BCUT2D eigenvalue weighted by atomic mass is 10.2. The van der Waals surface area contributed by atoms with Gasteiger partial charge in [-0.2, -0.15) is 5.10 Å². The number of benzene rings is 1. The van der Waals surface area contributed by atoms with Crippen LogP contribution < -0.4 is 0 Å². The van der Waals surface area contributed by atoms with Gasteiger partial charge in [-0.1, -0.05) is 12.1 Å². The maximum absolute atomic E-state index is 10.0. The van der Waals surface area contributed by atoms with Crippen LogP contribution in [0, 0.1) is 0 Å². The average molecular weight is 276 g/mol. The van der Waals surface area contributed by atoms with Gasteiger partial charge in [-0.3, -0.25) is 9.55 Å². The van der Waals surface area contributed by atoms with Crippen LogP contribution in [0.2, 0.25) is 0 Å². The fraction of sp³-hybridized carbons (Fsp3) is 0. The Kier molecular flexibility index (Phi) is 2.50. The van der Waals surface area contributed by atoms with Crippen molar-refractivity contribution in [3.63, 3.8) is 0 Å². The van der Waals surface area contributed by atoms with Crippen molar-refractivity contribution in [3.05, 3.63) is 67.3 Å². The van der Waals surface area contributed by atoms with Crippen molar-refractivity contribution in [1.29, 1.82) is 0 Å². The van der Waals surface area contributed by atoms with E-state index in [0.29, 0.717) is 0 Å². The first-order chi connectivity index (χ1) is 10.3. The summed E-state index contributed by atoms with van der Waals surface area (Å²) in [7, 11) is 0. The summed E-state index contributed by atoms with van der Waals surface area (Å²) in [4.78, 5) is 4.11. The Morgan fingerprint density at radius 1 is 1.00 bits per heavy atom. The number of imidazole rings is 1. The van der Waals surface area contributed by atoms with E-state index in [9.17, 15) is 5.11 Å². The van der Waals surface area contributed by atoms with Gasteiger partial charge in [0, 0.05) is 36.4 Å². The highest BCUT2D eigenvalue weighted by Gasteiger charge is 2.11. The summed E-state index contributed by atoms with van der Waals surface area (Å²) >= 11 is 0. The fourth-order valence-electron chi connectivity index (χ4n) is 2.41. The Balaban J connectivity index is 1.90. The highest BCUT2D eigenvalue weighted by molar-refractivity contribution is 5.65. The number of phenolic OH excluding ortho intramolecular Hbond substituents is 1. The molecule has 0 saturated heterocycles. The van der Waals surface area contributed by atoms with Gasteiger partial charge in [0.1, 0.15) is 11.4 Å². The van der Waals surface area contributed by atoms with Crippen LogP contribution in [0.1, 0.15) is 0 Å². The van der Waals surface area contributed by atoms with Crippen LogP contribution in [0.5, 0.6) is 5.75 Å². The molecule has 0 aliphatic rings. The van der Waals surface area contributed by atoms with Gasteiger partial charge in [-0.15, -0.1) is 0 Å². The molecule has 21 heavy (non-hydrogen) atoms. The predicted octanol–water partition coefficient (Wildman–Crippen LogP) is 2.89. The maximum atomic E-state index is 10.0. The minimum atomic E-state index is 0.236. The molecule has 5 nitrogen and oxygen atoms in total. The minimum Gasteiger partial charge on any atom is -0.506 e. The van der Waals surface area contributed by atoms with Crippen molar-refractivity contribution in [2.75, 3.05) is 0 Å². The summed E-state index contributed by atoms with van der Waals surface area (Å²) in [6, 6.07) is 13.1. The molecule has 1 N–H and O–H groups in total. The molecule has 0 atom stereocenters. The highest BCUT2D eigenvalue weighted by atomic mass is 16.3. The van der Waals surface area contributed by atoms with Gasteiger partial charge in [-0.05, 0) is 24.3 Å². The molecule has 0 bridgehead atoms. The van der Waals surface area contributed by atoms with Crippen molar-refractivity contribution in [1.82, 2.24) is 19.2 Å². The average Bonchev–Trinajstić information content (AvgIpc) is 3.09. The molecule has 0 spiro atoms. The largest absolute Gasteiger partial charge is 0.506 e. The zero-order valence-corrected chi connectivity index (χ0v) is 11.1. The van der Waals surface area contributed by atoms with Crippen LogP contribution in [-0.4, -0.2) is 24.3 Å². The molecule has 1 aromatic carbocycles. The van der Waals surface area contributed by atoms with Gasteiger partial charge in [0.05, 0.1) is 11.4 Å². The Labute approximate surface area is 120 Å². The smallest absolute Gasteiger partial charge is 0.141 e. The molecule has 0 fully saturated rings. The second-order valence-electron chi connectivity index (χ2n) is 4.73. The van der Waals surface area contributed by atoms with Crippen molar-refractivity contribution in [2.24, 2.45) is 0 Å². The summed E-state index contributed by atoms with van der Waals surface area (Å²) in [5.74, 6) is 0.236. The van der Waals surface area contributed by atoms with E-state index in [-0.39, 0.29) is 5.75 Å². The lowest BCUT2D eigenvalue weighted by Gasteiger charge is -2.05. The molecule has 0 amide bonds. The number of fused-ring (bicyclic) bond motifs is 1. The zero-order chi connectivity index (χ0) is 14.2. The van der Waals surface area contributed by atoms with Crippen molar-refractivity contribution >= 4 is 5.65 Å². The highest BCUT2D eigenvalue weighted by Crippen LogP contribution is 2.25. The van der Waals surface area contributed by atoms with E-state index in [0.717, 1.165) is 22.6 Å². The molecule has 3 aromatic heterocycles. The second-order valence-corrected chi connectivity index (χ2v) is 4.73. The molecule has 0 radical (unpaired) electrons. The van der Waals surface area contributed by atoms with E-state index >= 15 is 0 Å². The van der Waals surface area contributed by atoms with E-state index in [1.54, 1.807) is 29.0 Å². The molecule has 0 saturated carbocycles. The molecular weight excluding hydrogens is 264 g/mol. The van der Waals surface area contributed by atoms with Crippen LogP contribution in [0.25, 0.3) is 22.6 Å². The summed E-state index contributed by atoms with van der Waals surface area (Å²) in [5, 5.41) is 14.5. The molecule has 102 valence electrons. The predicted molar refractivity (Wildman–Crippen MR) is 79.4 cm³/mol. The Hall–Kier alpha value is -3.08. The van der Waals surface area contributed by atoms with Crippen LogP contribution >= 0.6 is 0 Å². The van der Waals surface area contributed by atoms with E-state index in [1.165, 1.54) is 0 Å². The number of pyridine rings is 1. The number of aromatic nitrogens is 4. The first-order valence-electron chi connectivity index (χ1n) is 6.58. The van der Waals surface area contributed by atoms with Gasteiger partial charge >= 0.3 is 0 Å². The van der Waals surface area contributed by atoms with Gasteiger partial charge in [0.15, 0.2) is 0 Å². The third-order valence-corrected chi connectivity index (χ3v) is 3.42. The van der Waals surface area contributed by atoms with Gasteiger partial charge < -0.3 is 5.11 Å². The number of aromatic hydroxyl groups is 1. The first-order valence-corrected chi connectivity index (χ1v) is 6.58. The van der Waals surface area contributed by atoms with E-state index in [1.807, 2.05) is 47.3 Å². The summed E-state index contributed by atoms with van der Waals surface area (Å²) in [5.41, 5.74) is 3.42. The zero-order valence-electron chi connectivity index (χ0n) is 11.1. The van der Waals surface area contributed by atoms with Crippen LogP contribution in [0.3, 0.4) is 0 Å². The Bertz CT molecular complexity index is 908. The normalized spacial score (nSPS) is 11.0. The summed E-state index contributed by atoms with van der Waals surface area (Å²) < 4.78 is 3.69.